The van der Waals surface area contributed by atoms with E-state index in [1.807, 2.05) is 12.1 Å². The molecule has 2 aliphatic rings. The van der Waals surface area contributed by atoms with Crippen LogP contribution in [0.5, 0.6) is 0 Å². The number of benzene rings is 1. The maximum Gasteiger partial charge on any atom is 0.123 e. The van der Waals surface area contributed by atoms with Crippen LogP contribution in [-0.4, -0.2) is 8.80 Å². The van der Waals surface area contributed by atoms with Gasteiger partial charge < -0.3 is 0 Å². The van der Waals surface area contributed by atoms with Crippen molar-refractivity contribution in [3.05, 3.63) is 35.6 Å². The summed E-state index contributed by atoms with van der Waals surface area (Å²) >= 11 is 0. The SMILES string of the molecule is CCCC1CCC(C2CC[Si](CCc3ccc(F)cc3)CC2)CC1. The molecule has 0 spiro atoms. The lowest BCUT2D eigenvalue weighted by molar-refractivity contribution is 0.185. The number of rotatable bonds is 6. The summed E-state index contributed by atoms with van der Waals surface area (Å²) in [5.41, 5.74) is 1.32. The minimum atomic E-state index is -0.139. The van der Waals surface area contributed by atoms with Gasteiger partial charge in [0.25, 0.3) is 0 Å². The smallest absolute Gasteiger partial charge is 0.123 e. The summed E-state index contributed by atoms with van der Waals surface area (Å²) in [4.78, 5) is 0. The molecule has 0 N–H and O–H groups in total. The molecule has 2 fully saturated rings. The maximum atomic E-state index is 13.0. The van der Waals surface area contributed by atoms with Gasteiger partial charge in [0, 0.05) is 8.80 Å². The van der Waals surface area contributed by atoms with Crippen LogP contribution in [0.4, 0.5) is 4.39 Å². The molecule has 0 atom stereocenters. The van der Waals surface area contributed by atoms with E-state index < -0.39 is 0 Å². The van der Waals surface area contributed by atoms with Gasteiger partial charge in [-0.1, -0.05) is 75.7 Å². The Kier molecular flexibility index (Phi) is 6.94. The molecule has 0 amide bonds. The molecule has 1 heterocycles. The molecule has 133 valence electrons. The van der Waals surface area contributed by atoms with E-state index in [1.165, 1.54) is 81.5 Å². The first-order valence-corrected chi connectivity index (χ1v) is 12.4. The second-order valence-corrected chi connectivity index (χ2v) is 11.3. The fraction of sp³-hybridized carbons (Fsp3) is 0.727. The molecular weight excluding hydrogens is 311 g/mol. The molecule has 0 nitrogen and oxygen atoms in total. The van der Waals surface area contributed by atoms with Crippen molar-refractivity contribution in [2.24, 2.45) is 17.8 Å². The molecule has 0 aromatic heterocycles. The largest absolute Gasteiger partial charge is 0.207 e. The molecular formula is C22H34FSi. The van der Waals surface area contributed by atoms with Crippen LogP contribution in [0.1, 0.15) is 63.9 Å². The highest BCUT2D eigenvalue weighted by Gasteiger charge is 2.30. The Labute approximate surface area is 149 Å². The van der Waals surface area contributed by atoms with Crippen molar-refractivity contribution in [1.29, 1.82) is 0 Å². The highest BCUT2D eigenvalue weighted by molar-refractivity contribution is 6.59. The first kappa shape index (κ1) is 18.2. The van der Waals surface area contributed by atoms with E-state index in [1.54, 1.807) is 12.1 Å². The zero-order valence-corrected chi connectivity index (χ0v) is 16.4. The Hall–Kier alpha value is -0.633. The second kappa shape index (κ2) is 9.17. The van der Waals surface area contributed by atoms with E-state index in [4.69, 9.17) is 0 Å². The van der Waals surface area contributed by atoms with Gasteiger partial charge in [0.05, 0.1) is 0 Å². The van der Waals surface area contributed by atoms with Gasteiger partial charge in [-0.3, -0.25) is 0 Å². The van der Waals surface area contributed by atoms with Gasteiger partial charge >= 0.3 is 0 Å². The van der Waals surface area contributed by atoms with Crippen LogP contribution in [0, 0.1) is 23.6 Å². The van der Waals surface area contributed by atoms with Crippen LogP contribution in [-0.2, 0) is 6.42 Å². The summed E-state index contributed by atoms with van der Waals surface area (Å²) in [5.74, 6) is 3.04. The van der Waals surface area contributed by atoms with Gasteiger partial charge in [-0.25, -0.2) is 4.39 Å². The third kappa shape index (κ3) is 5.18. The van der Waals surface area contributed by atoms with Crippen LogP contribution in [0.3, 0.4) is 0 Å². The van der Waals surface area contributed by atoms with Gasteiger partial charge in [0.15, 0.2) is 0 Å². The van der Waals surface area contributed by atoms with Crippen molar-refractivity contribution in [2.75, 3.05) is 0 Å². The van der Waals surface area contributed by atoms with Crippen LogP contribution in [0.2, 0.25) is 18.1 Å². The lowest BCUT2D eigenvalue weighted by atomic mass is 9.73. The van der Waals surface area contributed by atoms with E-state index >= 15 is 0 Å². The molecule has 1 aromatic carbocycles. The summed E-state index contributed by atoms with van der Waals surface area (Å²) in [5, 5.41) is 0. The number of hydrogen-bond acceptors (Lipinski definition) is 0. The van der Waals surface area contributed by atoms with E-state index in [0.29, 0.717) is 0 Å². The Morgan fingerprint density at radius 1 is 0.917 bits per heavy atom. The predicted molar refractivity (Wildman–Crippen MR) is 103 cm³/mol. The molecule has 0 bridgehead atoms. The van der Waals surface area contributed by atoms with Gasteiger partial charge in [-0.2, -0.15) is 0 Å². The third-order valence-corrected chi connectivity index (χ3v) is 9.62. The normalized spacial score (nSPS) is 26.6. The van der Waals surface area contributed by atoms with E-state index in [9.17, 15) is 4.39 Å². The quantitative estimate of drug-likeness (QED) is 0.493. The Morgan fingerprint density at radius 3 is 2.17 bits per heavy atom. The van der Waals surface area contributed by atoms with Crippen molar-refractivity contribution in [3.8, 4) is 0 Å². The minimum Gasteiger partial charge on any atom is -0.207 e. The zero-order chi connectivity index (χ0) is 16.8. The molecule has 1 radical (unpaired) electrons. The predicted octanol–water partition coefficient (Wildman–Crippen LogP) is 6.88. The summed E-state index contributed by atoms with van der Waals surface area (Å²) in [6.45, 7) is 2.34. The van der Waals surface area contributed by atoms with E-state index in [0.717, 1.165) is 17.8 Å². The van der Waals surface area contributed by atoms with Crippen LogP contribution in [0.15, 0.2) is 24.3 Å². The van der Waals surface area contributed by atoms with Gasteiger partial charge in [0.1, 0.15) is 5.82 Å². The Balaban J connectivity index is 1.36. The van der Waals surface area contributed by atoms with Crippen LogP contribution >= 0.6 is 0 Å². The molecule has 1 saturated carbocycles. The monoisotopic (exact) mass is 345 g/mol. The number of hydrogen-bond donors (Lipinski definition) is 0. The lowest BCUT2D eigenvalue weighted by Gasteiger charge is -2.37. The molecule has 24 heavy (non-hydrogen) atoms. The fourth-order valence-electron chi connectivity index (χ4n) is 5.10. The van der Waals surface area contributed by atoms with Crippen molar-refractivity contribution in [2.45, 2.75) is 82.8 Å². The maximum absolute atomic E-state index is 13.0. The standard InChI is InChI=1S/C22H34FSi/c1-2-3-18-4-8-20(9-5-18)21-13-16-24(17-14-21)15-12-19-6-10-22(23)11-7-19/h6-7,10-11,18,20-21H,2-5,8-9,12-17H2,1H3. The molecule has 3 rings (SSSR count). The van der Waals surface area contributed by atoms with Crippen molar-refractivity contribution < 1.29 is 4.39 Å². The van der Waals surface area contributed by atoms with Gasteiger partial charge in [0.2, 0.25) is 0 Å². The average Bonchev–Trinajstić information content (AvgIpc) is 2.63. The average molecular weight is 346 g/mol. The summed E-state index contributed by atoms with van der Waals surface area (Å²) in [6, 6.07) is 11.6. The highest BCUT2D eigenvalue weighted by Crippen LogP contribution is 2.41. The third-order valence-electron chi connectivity index (χ3n) is 6.67. The first-order valence-electron chi connectivity index (χ1n) is 10.3. The summed E-state index contributed by atoms with van der Waals surface area (Å²) in [7, 11) is -0.139. The molecule has 1 aliphatic heterocycles. The van der Waals surface area contributed by atoms with Gasteiger partial charge in [-0.05, 0) is 54.7 Å². The lowest BCUT2D eigenvalue weighted by Crippen LogP contribution is -2.28. The summed E-state index contributed by atoms with van der Waals surface area (Å²) in [6.07, 6.45) is 13.1. The Morgan fingerprint density at radius 2 is 1.54 bits per heavy atom. The molecule has 2 heteroatoms. The Bertz CT molecular complexity index is 467. The second-order valence-electron chi connectivity index (χ2n) is 8.28. The van der Waals surface area contributed by atoms with Crippen LogP contribution in [0.25, 0.3) is 0 Å². The zero-order valence-electron chi connectivity index (χ0n) is 15.4. The molecule has 1 aromatic rings. The van der Waals surface area contributed by atoms with Crippen LogP contribution < -0.4 is 0 Å². The molecule has 1 aliphatic carbocycles. The number of aryl methyl sites for hydroxylation is 1. The molecule has 1 saturated heterocycles. The van der Waals surface area contributed by atoms with Gasteiger partial charge in [-0.15, -0.1) is 0 Å². The first-order chi connectivity index (χ1) is 11.7. The highest BCUT2D eigenvalue weighted by atomic mass is 28.3. The summed E-state index contributed by atoms with van der Waals surface area (Å²) < 4.78 is 13.0. The topological polar surface area (TPSA) is 0 Å². The van der Waals surface area contributed by atoms with Crippen molar-refractivity contribution in [3.63, 3.8) is 0 Å². The van der Waals surface area contributed by atoms with Crippen molar-refractivity contribution in [1.82, 2.24) is 0 Å². The molecule has 0 unspecified atom stereocenters. The van der Waals surface area contributed by atoms with E-state index in [-0.39, 0.29) is 14.6 Å². The minimum absolute atomic E-state index is 0.109. The van der Waals surface area contributed by atoms with E-state index in [2.05, 4.69) is 6.92 Å². The number of halogens is 1. The van der Waals surface area contributed by atoms with Crippen molar-refractivity contribution >= 4 is 8.80 Å². The fourth-order valence-corrected chi connectivity index (χ4v) is 8.05.